The van der Waals surface area contributed by atoms with Crippen molar-refractivity contribution >= 4 is 38.5 Å². The third kappa shape index (κ3) is 4.07. The number of rotatable bonds is 3. The van der Waals surface area contributed by atoms with Crippen LogP contribution in [0.5, 0.6) is 0 Å². The maximum absolute atomic E-state index is 13.7. The van der Waals surface area contributed by atoms with Gasteiger partial charge in [-0.1, -0.05) is 29.8 Å². The maximum atomic E-state index is 13.7. The molecular formula is C20H18ClF3N4O2S. The van der Waals surface area contributed by atoms with E-state index in [1.54, 1.807) is 37.3 Å². The molecule has 2 aromatic carbocycles. The summed E-state index contributed by atoms with van der Waals surface area (Å²) >= 11 is 6.06. The first-order chi connectivity index (χ1) is 14.6. The molecule has 164 valence electrons. The molecule has 0 N–H and O–H groups in total. The van der Waals surface area contributed by atoms with Crippen LogP contribution in [-0.4, -0.2) is 48.9 Å². The Morgan fingerprint density at radius 2 is 1.55 bits per heavy atom. The van der Waals surface area contributed by atoms with Gasteiger partial charge in [0.05, 0.1) is 15.9 Å². The highest BCUT2D eigenvalue weighted by molar-refractivity contribution is 7.89. The summed E-state index contributed by atoms with van der Waals surface area (Å²) in [7, 11) is -3.83. The van der Waals surface area contributed by atoms with Crippen LogP contribution in [0.3, 0.4) is 0 Å². The lowest BCUT2D eigenvalue weighted by Gasteiger charge is -2.35. The molecule has 1 aliphatic heterocycles. The van der Waals surface area contributed by atoms with Gasteiger partial charge in [-0.3, -0.25) is 0 Å². The first-order valence-corrected chi connectivity index (χ1v) is 11.2. The Hall–Kier alpha value is -2.43. The molecule has 0 atom stereocenters. The molecule has 1 saturated heterocycles. The number of nitrogens with zero attached hydrogens (tertiary/aromatic N) is 4. The van der Waals surface area contributed by atoms with Gasteiger partial charge in [0, 0.05) is 31.2 Å². The third-order valence-corrected chi connectivity index (χ3v) is 7.65. The topological polar surface area (TPSA) is 66.4 Å². The summed E-state index contributed by atoms with van der Waals surface area (Å²) in [4.78, 5) is 9.50. The van der Waals surface area contributed by atoms with Crippen LogP contribution in [0.4, 0.5) is 19.0 Å². The SMILES string of the molecule is Cc1c(Cl)cccc1S(=O)(=O)N1CCN(c2nc3ccccc3nc2C(F)(F)F)CC1. The van der Waals surface area contributed by atoms with Gasteiger partial charge >= 0.3 is 6.18 Å². The third-order valence-electron chi connectivity index (χ3n) is 5.19. The zero-order valence-electron chi connectivity index (χ0n) is 16.4. The quantitative estimate of drug-likeness (QED) is 0.576. The van der Waals surface area contributed by atoms with Crippen LogP contribution < -0.4 is 4.90 Å². The van der Waals surface area contributed by atoms with Gasteiger partial charge in [-0.25, -0.2) is 18.4 Å². The smallest absolute Gasteiger partial charge is 0.352 e. The van der Waals surface area contributed by atoms with E-state index >= 15 is 0 Å². The number of halogens is 4. The van der Waals surface area contributed by atoms with Gasteiger partial charge in [-0.15, -0.1) is 0 Å². The van der Waals surface area contributed by atoms with Gasteiger partial charge in [-0.2, -0.15) is 17.5 Å². The molecule has 0 radical (unpaired) electrons. The molecule has 1 aliphatic rings. The predicted octanol–water partition coefficient (Wildman–Crippen LogP) is 4.12. The van der Waals surface area contributed by atoms with Crippen molar-refractivity contribution in [2.75, 3.05) is 31.1 Å². The summed E-state index contributed by atoms with van der Waals surface area (Å²) in [6.07, 6.45) is -4.69. The molecule has 3 aromatic rings. The predicted molar refractivity (Wildman–Crippen MR) is 112 cm³/mol. The Bertz CT molecular complexity index is 1240. The van der Waals surface area contributed by atoms with Crippen LogP contribution in [-0.2, 0) is 16.2 Å². The Kier molecular flexibility index (Phi) is 5.57. The zero-order chi connectivity index (χ0) is 22.4. The fourth-order valence-electron chi connectivity index (χ4n) is 3.55. The molecule has 4 rings (SSSR count). The fraction of sp³-hybridized carbons (Fsp3) is 0.300. The van der Waals surface area contributed by atoms with Crippen molar-refractivity contribution in [3.63, 3.8) is 0 Å². The number of anilines is 1. The average molecular weight is 471 g/mol. The summed E-state index contributed by atoms with van der Waals surface area (Å²) in [5.74, 6) is -0.290. The van der Waals surface area contributed by atoms with Crippen LogP contribution >= 0.6 is 11.6 Å². The van der Waals surface area contributed by atoms with Gasteiger partial charge in [0.2, 0.25) is 10.0 Å². The van der Waals surface area contributed by atoms with Crippen molar-refractivity contribution in [3.8, 4) is 0 Å². The lowest BCUT2D eigenvalue weighted by molar-refractivity contribution is -0.140. The second-order valence-corrected chi connectivity index (χ2v) is 9.45. The van der Waals surface area contributed by atoms with Crippen LogP contribution in [0.15, 0.2) is 47.4 Å². The summed E-state index contributed by atoms with van der Waals surface area (Å²) in [5.41, 5.74) is -0.147. The number of benzene rings is 2. The second-order valence-electron chi connectivity index (χ2n) is 7.14. The highest BCUT2D eigenvalue weighted by Crippen LogP contribution is 2.36. The summed E-state index contributed by atoms with van der Waals surface area (Å²) in [5, 5.41) is 0.334. The number of hydrogen-bond donors (Lipinski definition) is 0. The first-order valence-electron chi connectivity index (χ1n) is 9.43. The molecule has 6 nitrogen and oxygen atoms in total. The number of hydrogen-bond acceptors (Lipinski definition) is 5. The molecule has 0 unspecified atom stereocenters. The van der Waals surface area contributed by atoms with Crippen LogP contribution in [0.1, 0.15) is 11.3 Å². The molecule has 2 heterocycles. The minimum atomic E-state index is -4.69. The van der Waals surface area contributed by atoms with E-state index < -0.39 is 21.9 Å². The zero-order valence-corrected chi connectivity index (χ0v) is 18.0. The van der Waals surface area contributed by atoms with E-state index in [1.807, 2.05) is 0 Å². The van der Waals surface area contributed by atoms with Crippen molar-refractivity contribution in [1.82, 2.24) is 14.3 Å². The number of fused-ring (bicyclic) bond motifs is 1. The monoisotopic (exact) mass is 470 g/mol. The van der Waals surface area contributed by atoms with E-state index in [4.69, 9.17) is 11.6 Å². The molecule has 0 spiro atoms. The summed E-state index contributed by atoms with van der Waals surface area (Å²) in [6.45, 7) is 1.75. The average Bonchev–Trinajstić information content (AvgIpc) is 2.74. The maximum Gasteiger partial charge on any atom is 0.437 e. The Labute approximate surface area is 182 Å². The van der Waals surface area contributed by atoms with Crippen LogP contribution in [0.25, 0.3) is 11.0 Å². The van der Waals surface area contributed by atoms with Crippen molar-refractivity contribution in [3.05, 3.63) is 58.7 Å². The minimum absolute atomic E-state index is 0.0140. The van der Waals surface area contributed by atoms with Crippen molar-refractivity contribution in [1.29, 1.82) is 0 Å². The largest absolute Gasteiger partial charge is 0.437 e. The molecule has 31 heavy (non-hydrogen) atoms. The molecule has 1 fully saturated rings. The Morgan fingerprint density at radius 3 is 2.16 bits per heavy atom. The summed E-state index contributed by atoms with van der Waals surface area (Å²) in [6, 6.07) is 11.0. The van der Waals surface area contributed by atoms with E-state index in [9.17, 15) is 21.6 Å². The lowest BCUT2D eigenvalue weighted by Crippen LogP contribution is -2.49. The number of aromatic nitrogens is 2. The van der Waals surface area contributed by atoms with Gasteiger partial charge in [-0.05, 0) is 36.8 Å². The molecular weight excluding hydrogens is 453 g/mol. The van der Waals surface area contributed by atoms with Crippen LogP contribution in [0, 0.1) is 6.92 Å². The van der Waals surface area contributed by atoms with Gasteiger partial charge < -0.3 is 4.90 Å². The van der Waals surface area contributed by atoms with Gasteiger partial charge in [0.15, 0.2) is 11.5 Å². The molecule has 0 amide bonds. The van der Waals surface area contributed by atoms with E-state index in [0.29, 0.717) is 16.1 Å². The van der Waals surface area contributed by atoms with E-state index in [1.165, 1.54) is 21.3 Å². The minimum Gasteiger partial charge on any atom is -0.352 e. The van der Waals surface area contributed by atoms with Crippen molar-refractivity contribution in [2.45, 2.75) is 18.0 Å². The van der Waals surface area contributed by atoms with Crippen molar-refractivity contribution < 1.29 is 21.6 Å². The van der Waals surface area contributed by atoms with E-state index in [-0.39, 0.29) is 42.4 Å². The van der Waals surface area contributed by atoms with Crippen molar-refractivity contribution in [2.24, 2.45) is 0 Å². The Balaban J connectivity index is 1.63. The van der Waals surface area contributed by atoms with Crippen LogP contribution in [0.2, 0.25) is 5.02 Å². The first kappa shape index (κ1) is 21.8. The standard InChI is InChI=1S/C20H18ClF3N4O2S/c1-13-14(21)5-4-8-17(13)31(29,30)28-11-9-27(10-12-28)19-18(20(22,23)24)25-15-6-2-3-7-16(15)26-19/h2-8H,9-12H2,1H3. The normalized spacial score (nSPS) is 16.1. The second kappa shape index (κ2) is 7.92. The molecule has 0 aliphatic carbocycles. The summed E-state index contributed by atoms with van der Waals surface area (Å²) < 4.78 is 68.3. The van der Waals surface area contributed by atoms with Gasteiger partial charge in [0.25, 0.3) is 0 Å². The highest BCUT2D eigenvalue weighted by atomic mass is 35.5. The number of piperazine rings is 1. The number of alkyl halides is 3. The molecule has 11 heteroatoms. The van der Waals surface area contributed by atoms with E-state index in [2.05, 4.69) is 9.97 Å². The number of para-hydroxylation sites is 2. The number of sulfonamides is 1. The highest BCUT2D eigenvalue weighted by Gasteiger charge is 2.40. The molecule has 1 aromatic heterocycles. The van der Waals surface area contributed by atoms with Gasteiger partial charge in [0.1, 0.15) is 0 Å². The van der Waals surface area contributed by atoms with E-state index in [0.717, 1.165) is 0 Å². The lowest BCUT2D eigenvalue weighted by atomic mass is 10.2. The molecule has 0 saturated carbocycles. The molecule has 0 bridgehead atoms. The Morgan fingerprint density at radius 1 is 0.935 bits per heavy atom. The fourth-order valence-corrected chi connectivity index (χ4v) is 5.45.